The second-order valence-corrected chi connectivity index (χ2v) is 7.45. The molecular weight excluding hydrogens is 415 g/mol. The highest BCUT2D eigenvalue weighted by Crippen LogP contribution is 2.57. The number of hydrogen-bond donors (Lipinski definition) is 2. The molecule has 6 heteroatoms. The molecule has 2 N–H and O–H groups in total. The summed E-state index contributed by atoms with van der Waals surface area (Å²) in [6, 6.07) is 0. The van der Waals surface area contributed by atoms with Gasteiger partial charge in [-0.3, -0.25) is 9.79 Å². The Morgan fingerprint density at radius 2 is 2.08 bits per heavy atom. The van der Waals surface area contributed by atoms with Gasteiger partial charge in [-0.1, -0.05) is 6.42 Å². The number of likely N-dealkylation sites (tertiary alicyclic amines) is 1. The lowest BCUT2D eigenvalue weighted by Crippen LogP contribution is -2.41. The van der Waals surface area contributed by atoms with Gasteiger partial charge in [-0.25, -0.2) is 0 Å². The van der Waals surface area contributed by atoms with Crippen LogP contribution in [0, 0.1) is 11.3 Å². The van der Waals surface area contributed by atoms with Crippen molar-refractivity contribution in [1.29, 1.82) is 0 Å². The number of carbonyl (C=O) groups is 1. The maximum absolute atomic E-state index is 11.6. The summed E-state index contributed by atoms with van der Waals surface area (Å²) in [4.78, 5) is 18.5. The third-order valence-corrected chi connectivity index (χ3v) is 5.76. The Morgan fingerprint density at radius 3 is 2.62 bits per heavy atom. The third kappa shape index (κ3) is 4.99. The highest BCUT2D eigenvalue weighted by atomic mass is 127. The fourth-order valence-corrected chi connectivity index (χ4v) is 4.02. The minimum absolute atomic E-state index is 0. The minimum atomic E-state index is 0. The van der Waals surface area contributed by atoms with Crippen molar-refractivity contribution in [2.24, 2.45) is 16.3 Å². The highest BCUT2D eigenvalue weighted by Gasteiger charge is 2.48. The molecule has 2 aliphatic carbocycles. The molecule has 2 saturated carbocycles. The molecule has 0 bridgehead atoms. The van der Waals surface area contributed by atoms with Gasteiger partial charge in [0, 0.05) is 39.1 Å². The maximum atomic E-state index is 11.6. The highest BCUT2D eigenvalue weighted by molar-refractivity contribution is 14.0. The van der Waals surface area contributed by atoms with Crippen molar-refractivity contribution in [3.8, 4) is 0 Å². The van der Waals surface area contributed by atoms with E-state index in [2.05, 4.69) is 17.6 Å². The standard InChI is InChI=1S/C18H32N4O.HI/c1-2-19-17(20-11-5-13-22-12-3-6-16(22)23)21-14-18(9-4-10-18)15-7-8-15;/h15H,2-14H2,1H3,(H2,19,20,21);1H. The van der Waals surface area contributed by atoms with E-state index in [9.17, 15) is 4.79 Å². The summed E-state index contributed by atoms with van der Waals surface area (Å²) >= 11 is 0. The monoisotopic (exact) mass is 448 g/mol. The van der Waals surface area contributed by atoms with Gasteiger partial charge >= 0.3 is 0 Å². The quantitative estimate of drug-likeness (QED) is 0.260. The first kappa shape index (κ1) is 19.8. The van der Waals surface area contributed by atoms with Gasteiger partial charge in [-0.05, 0) is 56.8 Å². The molecule has 0 atom stereocenters. The smallest absolute Gasteiger partial charge is 0.222 e. The predicted octanol–water partition coefficient (Wildman–Crippen LogP) is 2.75. The largest absolute Gasteiger partial charge is 0.357 e. The van der Waals surface area contributed by atoms with E-state index in [-0.39, 0.29) is 24.0 Å². The molecular formula is C18H33IN4O. The summed E-state index contributed by atoms with van der Waals surface area (Å²) < 4.78 is 0. The molecule has 0 aromatic carbocycles. The number of halogens is 1. The zero-order valence-corrected chi connectivity index (χ0v) is 17.3. The SMILES string of the molecule is CCNC(=NCC1(C2CC2)CCC1)NCCCN1CCCC1=O.I. The van der Waals surface area contributed by atoms with Crippen LogP contribution in [0.15, 0.2) is 4.99 Å². The van der Waals surface area contributed by atoms with Gasteiger partial charge in [0.15, 0.2) is 5.96 Å². The molecule has 0 spiro atoms. The summed E-state index contributed by atoms with van der Waals surface area (Å²) in [6.07, 6.45) is 9.73. The number of rotatable bonds is 8. The Morgan fingerprint density at radius 1 is 1.29 bits per heavy atom. The lowest BCUT2D eigenvalue weighted by molar-refractivity contribution is -0.127. The molecule has 5 nitrogen and oxygen atoms in total. The van der Waals surface area contributed by atoms with E-state index in [1.54, 1.807) is 0 Å². The topological polar surface area (TPSA) is 56.7 Å². The summed E-state index contributed by atoms with van der Waals surface area (Å²) in [6.45, 7) is 6.69. The van der Waals surface area contributed by atoms with E-state index < -0.39 is 0 Å². The van der Waals surface area contributed by atoms with Gasteiger partial charge in [-0.2, -0.15) is 0 Å². The van der Waals surface area contributed by atoms with Gasteiger partial charge < -0.3 is 15.5 Å². The van der Waals surface area contributed by atoms with E-state index in [0.29, 0.717) is 11.3 Å². The fraction of sp³-hybridized carbons (Fsp3) is 0.889. The van der Waals surface area contributed by atoms with Crippen LogP contribution in [-0.2, 0) is 4.79 Å². The van der Waals surface area contributed by atoms with Crippen molar-refractivity contribution in [2.75, 3.05) is 32.7 Å². The van der Waals surface area contributed by atoms with Crippen LogP contribution in [0.25, 0.3) is 0 Å². The van der Waals surface area contributed by atoms with E-state index in [1.807, 2.05) is 4.90 Å². The van der Waals surface area contributed by atoms with Gasteiger partial charge in [0.05, 0.1) is 0 Å². The van der Waals surface area contributed by atoms with Crippen molar-refractivity contribution in [3.63, 3.8) is 0 Å². The number of nitrogens with zero attached hydrogens (tertiary/aromatic N) is 2. The summed E-state index contributed by atoms with van der Waals surface area (Å²) in [5, 5.41) is 6.80. The second kappa shape index (κ2) is 9.25. The molecule has 0 aromatic rings. The molecule has 1 amide bonds. The summed E-state index contributed by atoms with van der Waals surface area (Å²) in [5.74, 6) is 2.22. The van der Waals surface area contributed by atoms with Gasteiger partial charge in [0.1, 0.15) is 0 Å². The number of carbonyl (C=O) groups excluding carboxylic acids is 1. The van der Waals surface area contributed by atoms with Gasteiger partial charge in [0.25, 0.3) is 0 Å². The molecule has 1 aliphatic heterocycles. The zero-order chi connectivity index (χ0) is 16.1. The second-order valence-electron chi connectivity index (χ2n) is 7.45. The lowest BCUT2D eigenvalue weighted by atomic mass is 9.65. The summed E-state index contributed by atoms with van der Waals surface area (Å²) in [5.41, 5.74) is 0.532. The molecule has 0 unspecified atom stereocenters. The Bertz CT molecular complexity index is 446. The van der Waals surface area contributed by atoms with Crippen molar-refractivity contribution < 1.29 is 4.79 Å². The molecule has 0 aromatic heterocycles. The fourth-order valence-electron chi connectivity index (χ4n) is 4.02. The van der Waals surface area contributed by atoms with Crippen LogP contribution >= 0.6 is 24.0 Å². The molecule has 3 fully saturated rings. The number of aliphatic imine (C=N–C) groups is 1. The summed E-state index contributed by atoms with van der Waals surface area (Å²) in [7, 11) is 0. The van der Waals surface area contributed by atoms with Crippen LogP contribution in [0.5, 0.6) is 0 Å². The lowest BCUT2D eigenvalue weighted by Gasteiger charge is -2.41. The van der Waals surface area contributed by atoms with E-state index in [4.69, 9.17) is 4.99 Å². The van der Waals surface area contributed by atoms with Crippen molar-refractivity contribution in [3.05, 3.63) is 0 Å². The molecule has 1 heterocycles. The first-order valence-corrected chi connectivity index (χ1v) is 9.53. The van der Waals surface area contributed by atoms with Crippen molar-refractivity contribution in [1.82, 2.24) is 15.5 Å². The van der Waals surface area contributed by atoms with E-state index in [0.717, 1.165) is 63.9 Å². The normalized spacial score (nSPS) is 22.8. The van der Waals surface area contributed by atoms with Crippen LogP contribution in [0.2, 0.25) is 0 Å². The molecule has 24 heavy (non-hydrogen) atoms. The Balaban J connectivity index is 0.00000208. The Labute approximate surface area is 163 Å². The number of guanidine groups is 1. The number of amides is 1. The molecule has 1 saturated heterocycles. The number of hydrogen-bond acceptors (Lipinski definition) is 2. The maximum Gasteiger partial charge on any atom is 0.222 e. The average Bonchev–Trinajstić information content (AvgIpc) is 3.26. The van der Waals surface area contributed by atoms with E-state index in [1.165, 1.54) is 32.1 Å². The molecule has 0 radical (unpaired) electrons. The van der Waals surface area contributed by atoms with Crippen molar-refractivity contribution >= 4 is 35.8 Å². The van der Waals surface area contributed by atoms with Crippen LogP contribution < -0.4 is 10.6 Å². The Hall–Kier alpha value is -0.530. The number of nitrogens with one attached hydrogen (secondary N) is 2. The zero-order valence-electron chi connectivity index (χ0n) is 15.0. The first-order chi connectivity index (χ1) is 11.2. The predicted molar refractivity (Wildman–Crippen MR) is 109 cm³/mol. The molecule has 3 aliphatic rings. The van der Waals surface area contributed by atoms with Gasteiger partial charge in [-0.15, -0.1) is 24.0 Å². The van der Waals surface area contributed by atoms with Crippen LogP contribution in [0.1, 0.15) is 58.3 Å². The van der Waals surface area contributed by atoms with Crippen LogP contribution in [0.4, 0.5) is 0 Å². The van der Waals surface area contributed by atoms with Crippen LogP contribution in [0.3, 0.4) is 0 Å². The molecule has 3 rings (SSSR count). The molecule has 138 valence electrons. The van der Waals surface area contributed by atoms with Gasteiger partial charge in [0.2, 0.25) is 5.91 Å². The minimum Gasteiger partial charge on any atom is -0.357 e. The average molecular weight is 448 g/mol. The Kier molecular flexibility index (Phi) is 7.62. The van der Waals surface area contributed by atoms with Crippen molar-refractivity contribution in [2.45, 2.75) is 58.3 Å². The van der Waals surface area contributed by atoms with Crippen LogP contribution in [-0.4, -0.2) is 49.5 Å². The third-order valence-electron chi connectivity index (χ3n) is 5.76. The first-order valence-electron chi connectivity index (χ1n) is 9.53. The van der Waals surface area contributed by atoms with E-state index >= 15 is 0 Å².